The van der Waals surface area contributed by atoms with E-state index in [0.29, 0.717) is 0 Å². The first-order valence-electron chi connectivity index (χ1n) is 4.44. The largest absolute Gasteiger partial charge is 0.118 e. The van der Waals surface area contributed by atoms with Crippen molar-refractivity contribution < 1.29 is 0 Å². The summed E-state index contributed by atoms with van der Waals surface area (Å²) in [5.41, 5.74) is 1.27. The Morgan fingerprint density at radius 1 is 1.07 bits per heavy atom. The van der Waals surface area contributed by atoms with Crippen molar-refractivity contribution in [2.45, 2.75) is 37.3 Å². The average molecular weight is 338 g/mol. The van der Waals surface area contributed by atoms with Gasteiger partial charge in [0.1, 0.15) is 0 Å². The molecule has 0 radical (unpaired) electrons. The second-order valence-electron chi connectivity index (χ2n) is 4.27. The molecule has 0 atom stereocenters. The van der Waals surface area contributed by atoms with E-state index in [1.54, 1.807) is 0 Å². The summed E-state index contributed by atoms with van der Waals surface area (Å²) in [5.74, 6) is 0. The van der Waals surface area contributed by atoms with Gasteiger partial charge in [-0.05, 0) is 56.5 Å². The van der Waals surface area contributed by atoms with Crippen LogP contribution in [-0.2, 0) is 0 Å². The highest BCUT2D eigenvalue weighted by molar-refractivity contribution is 9.11. The molecule has 14 heavy (non-hydrogen) atoms. The molecule has 0 saturated carbocycles. The Kier molecular flexibility index (Phi) is 4.12. The van der Waals surface area contributed by atoms with E-state index in [1.807, 2.05) is 11.8 Å². The molecule has 1 rings (SSSR count). The van der Waals surface area contributed by atoms with Crippen LogP contribution in [-0.4, -0.2) is 4.75 Å². The average Bonchev–Trinajstić information content (AvgIpc) is 1.95. The zero-order valence-corrected chi connectivity index (χ0v) is 12.8. The first-order valence-corrected chi connectivity index (χ1v) is 6.84. The molecule has 78 valence electrons. The zero-order chi connectivity index (χ0) is 10.9. The minimum absolute atomic E-state index is 0.236. The van der Waals surface area contributed by atoms with Crippen LogP contribution in [0.3, 0.4) is 0 Å². The predicted molar refractivity (Wildman–Crippen MR) is 72.2 cm³/mol. The molecule has 0 heterocycles. The molecule has 0 spiro atoms. The van der Waals surface area contributed by atoms with Crippen molar-refractivity contribution in [2.75, 3.05) is 0 Å². The number of thioether (sulfide) groups is 1. The van der Waals surface area contributed by atoms with Gasteiger partial charge in [0.2, 0.25) is 0 Å². The first kappa shape index (κ1) is 12.6. The predicted octanol–water partition coefficient (Wildman–Crippen LogP) is 5.41. The summed E-state index contributed by atoms with van der Waals surface area (Å²) in [6.07, 6.45) is 0. The third-order valence-corrected chi connectivity index (χ3v) is 4.58. The Morgan fingerprint density at radius 2 is 1.50 bits per heavy atom. The summed E-state index contributed by atoms with van der Waals surface area (Å²) in [5, 5.41) is 0. The van der Waals surface area contributed by atoms with Crippen LogP contribution in [0.4, 0.5) is 0 Å². The van der Waals surface area contributed by atoms with Crippen LogP contribution in [0.15, 0.2) is 26.0 Å². The van der Waals surface area contributed by atoms with Crippen LogP contribution in [0.1, 0.15) is 26.3 Å². The van der Waals surface area contributed by atoms with Crippen molar-refractivity contribution in [2.24, 2.45) is 0 Å². The van der Waals surface area contributed by atoms with Crippen molar-refractivity contribution in [1.82, 2.24) is 0 Å². The normalized spacial score (nSPS) is 11.9. The lowest BCUT2D eigenvalue weighted by Crippen LogP contribution is -2.07. The zero-order valence-electron chi connectivity index (χ0n) is 8.82. The second-order valence-corrected chi connectivity index (χ2v) is 7.82. The molecule has 1 aromatic rings. The van der Waals surface area contributed by atoms with E-state index >= 15 is 0 Å². The van der Waals surface area contributed by atoms with Crippen molar-refractivity contribution in [3.05, 3.63) is 26.6 Å². The summed E-state index contributed by atoms with van der Waals surface area (Å²) in [6, 6.07) is 4.30. The minimum Gasteiger partial charge on any atom is -0.118 e. The van der Waals surface area contributed by atoms with Crippen LogP contribution >= 0.6 is 43.6 Å². The molecule has 1 aromatic carbocycles. The number of halogens is 2. The van der Waals surface area contributed by atoms with E-state index in [0.717, 1.165) is 0 Å². The maximum Gasteiger partial charge on any atom is 0.0362 e. The molecule has 0 aliphatic rings. The van der Waals surface area contributed by atoms with Crippen molar-refractivity contribution in [3.63, 3.8) is 0 Å². The lowest BCUT2D eigenvalue weighted by molar-refractivity contribution is 0.802. The SMILES string of the molecule is Cc1cc(Br)c(SC(C)(C)C)c(Br)c1. The van der Waals surface area contributed by atoms with Gasteiger partial charge in [-0.2, -0.15) is 0 Å². The van der Waals surface area contributed by atoms with Crippen molar-refractivity contribution in [3.8, 4) is 0 Å². The summed E-state index contributed by atoms with van der Waals surface area (Å²) in [4.78, 5) is 1.28. The fourth-order valence-corrected chi connectivity index (χ4v) is 3.92. The molecule has 0 nitrogen and oxygen atoms in total. The van der Waals surface area contributed by atoms with E-state index in [1.165, 1.54) is 19.4 Å². The van der Waals surface area contributed by atoms with Gasteiger partial charge in [0.25, 0.3) is 0 Å². The number of rotatable bonds is 1. The van der Waals surface area contributed by atoms with Gasteiger partial charge in [-0.1, -0.05) is 20.8 Å². The molecule has 0 fully saturated rings. The van der Waals surface area contributed by atoms with Crippen LogP contribution < -0.4 is 0 Å². The highest BCUT2D eigenvalue weighted by atomic mass is 79.9. The Hall–Kier alpha value is 0.530. The van der Waals surface area contributed by atoms with Crippen molar-refractivity contribution in [1.29, 1.82) is 0 Å². The molecule has 0 saturated heterocycles. The van der Waals surface area contributed by atoms with Gasteiger partial charge in [0.05, 0.1) is 0 Å². The van der Waals surface area contributed by atoms with E-state index in [9.17, 15) is 0 Å². The second kappa shape index (κ2) is 4.58. The lowest BCUT2D eigenvalue weighted by Gasteiger charge is -2.19. The van der Waals surface area contributed by atoms with E-state index in [4.69, 9.17) is 0 Å². The third kappa shape index (κ3) is 3.59. The molecule has 0 bridgehead atoms. The molecule has 0 N–H and O–H groups in total. The highest BCUT2D eigenvalue weighted by Gasteiger charge is 2.16. The topological polar surface area (TPSA) is 0 Å². The molecular formula is C11H14Br2S. The molecule has 0 aromatic heterocycles. The molecule has 0 aliphatic heterocycles. The number of hydrogen-bond acceptors (Lipinski definition) is 1. The highest BCUT2D eigenvalue weighted by Crippen LogP contribution is 2.41. The van der Waals surface area contributed by atoms with E-state index in [2.05, 4.69) is 71.7 Å². The number of benzene rings is 1. The Labute approximate surface area is 107 Å². The Balaban J connectivity index is 3.09. The molecule has 0 aliphatic carbocycles. The van der Waals surface area contributed by atoms with Crippen molar-refractivity contribution >= 4 is 43.6 Å². The maximum atomic E-state index is 3.60. The van der Waals surface area contributed by atoms with E-state index < -0.39 is 0 Å². The Morgan fingerprint density at radius 3 is 1.86 bits per heavy atom. The monoisotopic (exact) mass is 336 g/mol. The van der Waals surface area contributed by atoms with E-state index in [-0.39, 0.29) is 4.75 Å². The Bertz CT molecular complexity index is 317. The summed E-state index contributed by atoms with van der Waals surface area (Å²) in [7, 11) is 0. The molecular weight excluding hydrogens is 324 g/mol. The van der Waals surface area contributed by atoms with Crippen LogP contribution in [0.25, 0.3) is 0 Å². The fourth-order valence-electron chi connectivity index (χ4n) is 1.09. The van der Waals surface area contributed by atoms with Gasteiger partial charge in [-0.15, -0.1) is 11.8 Å². The standard InChI is InChI=1S/C11H14Br2S/c1-7-5-8(12)10(9(13)6-7)14-11(2,3)4/h5-6H,1-4H3. The number of aryl methyl sites for hydroxylation is 1. The van der Waals surface area contributed by atoms with Gasteiger partial charge in [0.15, 0.2) is 0 Å². The summed E-state index contributed by atoms with van der Waals surface area (Å²) >= 11 is 9.07. The summed E-state index contributed by atoms with van der Waals surface area (Å²) < 4.78 is 2.58. The minimum atomic E-state index is 0.236. The lowest BCUT2D eigenvalue weighted by atomic mass is 10.2. The van der Waals surface area contributed by atoms with Crippen LogP contribution in [0.5, 0.6) is 0 Å². The maximum absolute atomic E-state index is 3.60. The van der Waals surface area contributed by atoms with Gasteiger partial charge < -0.3 is 0 Å². The quantitative estimate of drug-likeness (QED) is 0.617. The molecule has 3 heteroatoms. The van der Waals surface area contributed by atoms with Crippen LogP contribution in [0, 0.1) is 6.92 Å². The third-order valence-electron chi connectivity index (χ3n) is 1.55. The fraction of sp³-hybridized carbons (Fsp3) is 0.455. The smallest absolute Gasteiger partial charge is 0.0362 e. The van der Waals surface area contributed by atoms with Crippen LogP contribution in [0.2, 0.25) is 0 Å². The van der Waals surface area contributed by atoms with Gasteiger partial charge >= 0.3 is 0 Å². The molecule has 0 amide bonds. The number of hydrogen-bond donors (Lipinski definition) is 0. The van der Waals surface area contributed by atoms with Gasteiger partial charge in [-0.25, -0.2) is 0 Å². The van der Waals surface area contributed by atoms with Gasteiger partial charge in [0, 0.05) is 18.6 Å². The molecule has 0 unspecified atom stereocenters. The summed E-state index contributed by atoms with van der Waals surface area (Å²) in [6.45, 7) is 8.75. The first-order chi connectivity index (χ1) is 6.29. The van der Waals surface area contributed by atoms with Gasteiger partial charge in [-0.3, -0.25) is 0 Å².